The number of pyridine rings is 1. The Balaban J connectivity index is 1.69. The Hall–Kier alpha value is -2.89. The molecule has 2 aromatic rings. The van der Waals surface area contributed by atoms with Gasteiger partial charge < -0.3 is 9.47 Å². The number of rotatable bonds is 20. The van der Waals surface area contributed by atoms with Gasteiger partial charge in [-0.2, -0.15) is 0 Å². The number of hydrogen-bond acceptors (Lipinski definition) is 4. The Morgan fingerprint density at radius 3 is 1.92 bits per heavy atom. The number of carbonyl (C=O) groups is 2. The number of unbranched alkanes of at least 4 members (excludes halogenated alkanes) is 13. The molecule has 0 aliphatic heterocycles. The van der Waals surface area contributed by atoms with Crippen molar-refractivity contribution in [3.8, 4) is 11.5 Å². The molecule has 0 unspecified atom stereocenters. The third-order valence-electron chi connectivity index (χ3n) is 7.27. The summed E-state index contributed by atoms with van der Waals surface area (Å²) in [6.07, 6.45) is 20.4. The number of carbonyl (C=O) groups excluding carboxylic acids is 2. The van der Waals surface area contributed by atoms with E-state index in [0.717, 1.165) is 18.5 Å². The van der Waals surface area contributed by atoms with Gasteiger partial charge in [-0.25, -0.2) is 4.57 Å². The van der Waals surface area contributed by atoms with Crippen LogP contribution in [0.15, 0.2) is 42.6 Å². The lowest BCUT2D eigenvalue weighted by molar-refractivity contribution is -0.679. The van der Waals surface area contributed by atoms with Crippen LogP contribution >= 0.6 is 0 Å². The van der Waals surface area contributed by atoms with Crippen molar-refractivity contribution in [3.63, 3.8) is 0 Å². The summed E-state index contributed by atoms with van der Waals surface area (Å²) in [6, 6.07) is 10.8. The fourth-order valence-corrected chi connectivity index (χ4v) is 4.77. The van der Waals surface area contributed by atoms with Crippen LogP contribution < -0.4 is 14.0 Å². The molecule has 2 rings (SSSR count). The first kappa shape index (κ1) is 32.3. The van der Waals surface area contributed by atoms with Crippen molar-refractivity contribution in [2.24, 2.45) is 7.05 Å². The molecule has 0 saturated heterocycles. The zero-order chi connectivity index (χ0) is 28.3. The normalized spacial score (nSPS) is 10.9. The van der Waals surface area contributed by atoms with Crippen LogP contribution in [0, 0.1) is 0 Å². The van der Waals surface area contributed by atoms with Crippen molar-refractivity contribution < 1.29 is 23.6 Å². The van der Waals surface area contributed by atoms with Crippen molar-refractivity contribution in [2.75, 3.05) is 13.7 Å². The first-order valence-corrected chi connectivity index (χ1v) is 15.0. The second-order valence-corrected chi connectivity index (χ2v) is 10.5. The molecule has 0 aliphatic rings. The summed E-state index contributed by atoms with van der Waals surface area (Å²) in [5.41, 5.74) is 1.26. The Morgan fingerprint density at radius 2 is 1.38 bits per heavy atom. The van der Waals surface area contributed by atoms with Crippen molar-refractivity contribution in [1.82, 2.24) is 4.90 Å². The molecule has 0 bridgehead atoms. The first-order valence-electron chi connectivity index (χ1n) is 15.0. The third-order valence-corrected chi connectivity index (χ3v) is 7.27. The van der Waals surface area contributed by atoms with E-state index in [-0.39, 0.29) is 18.4 Å². The zero-order valence-electron chi connectivity index (χ0n) is 24.9. The van der Waals surface area contributed by atoms with E-state index in [0.29, 0.717) is 23.7 Å². The van der Waals surface area contributed by atoms with Gasteiger partial charge in [-0.05, 0) is 24.6 Å². The molecule has 0 radical (unpaired) electrons. The largest absolute Gasteiger partial charge is 0.493 e. The van der Waals surface area contributed by atoms with Crippen molar-refractivity contribution in [3.05, 3.63) is 53.9 Å². The predicted octanol–water partition coefficient (Wildman–Crippen LogP) is 7.57. The van der Waals surface area contributed by atoms with Gasteiger partial charge >= 0.3 is 0 Å². The van der Waals surface area contributed by atoms with Gasteiger partial charge in [-0.3, -0.25) is 14.5 Å². The number of hydrogen-bond donors (Lipinski definition) is 0. The molecular weight excluding hydrogens is 488 g/mol. The Morgan fingerprint density at radius 1 is 0.795 bits per heavy atom. The topological polar surface area (TPSA) is 59.7 Å². The highest BCUT2D eigenvalue weighted by atomic mass is 16.5. The van der Waals surface area contributed by atoms with E-state index in [2.05, 4.69) is 6.92 Å². The smallest absolute Gasteiger partial charge is 0.261 e. The number of amides is 2. The van der Waals surface area contributed by atoms with Gasteiger partial charge in [-0.15, -0.1) is 0 Å². The zero-order valence-corrected chi connectivity index (χ0v) is 24.9. The molecule has 0 aliphatic carbocycles. The molecule has 0 N–H and O–H groups in total. The second kappa shape index (κ2) is 19.2. The summed E-state index contributed by atoms with van der Waals surface area (Å²) in [5, 5.41) is 0. The second-order valence-electron chi connectivity index (χ2n) is 10.5. The Labute approximate surface area is 236 Å². The lowest BCUT2D eigenvalue weighted by Gasteiger charge is -2.19. The summed E-state index contributed by atoms with van der Waals surface area (Å²) < 4.78 is 13.4. The van der Waals surface area contributed by atoms with Crippen molar-refractivity contribution >= 4 is 11.8 Å². The van der Waals surface area contributed by atoms with Crippen LogP contribution in [0.5, 0.6) is 11.5 Å². The SMILES string of the molecule is CCCCCCCCCCCCCCCCOc1ccc(C(=O)N(Cc2cccc[n+]2C)C(C)=O)cc1OC. The quantitative estimate of drug-likeness (QED) is 0.129. The summed E-state index contributed by atoms with van der Waals surface area (Å²) in [6.45, 7) is 4.50. The molecule has 0 atom stereocenters. The fourth-order valence-electron chi connectivity index (χ4n) is 4.77. The van der Waals surface area contributed by atoms with Crippen LogP contribution in [0.2, 0.25) is 0 Å². The number of imide groups is 1. The lowest BCUT2D eigenvalue weighted by atomic mass is 10.0. The molecule has 39 heavy (non-hydrogen) atoms. The molecule has 0 spiro atoms. The molecule has 2 amide bonds. The first-order chi connectivity index (χ1) is 19.0. The molecule has 0 fully saturated rings. The summed E-state index contributed by atoms with van der Waals surface area (Å²) >= 11 is 0. The number of ether oxygens (including phenoxy) is 2. The Bertz CT molecular complexity index is 991. The molecule has 216 valence electrons. The summed E-state index contributed by atoms with van der Waals surface area (Å²) in [4.78, 5) is 26.7. The average Bonchev–Trinajstić information content (AvgIpc) is 2.94. The molecule has 1 aromatic heterocycles. The highest BCUT2D eigenvalue weighted by Gasteiger charge is 2.24. The van der Waals surface area contributed by atoms with Crippen LogP contribution in [-0.2, 0) is 18.4 Å². The maximum absolute atomic E-state index is 13.2. The van der Waals surface area contributed by atoms with Gasteiger partial charge in [0.1, 0.15) is 13.6 Å². The summed E-state index contributed by atoms with van der Waals surface area (Å²) in [7, 11) is 3.46. The highest BCUT2D eigenvalue weighted by Crippen LogP contribution is 2.29. The van der Waals surface area contributed by atoms with E-state index in [1.165, 1.54) is 88.9 Å². The Kier molecular flexibility index (Phi) is 15.9. The van der Waals surface area contributed by atoms with Crippen LogP contribution in [0.25, 0.3) is 0 Å². The minimum Gasteiger partial charge on any atom is -0.493 e. The van der Waals surface area contributed by atoms with Crippen LogP contribution in [0.4, 0.5) is 0 Å². The highest BCUT2D eigenvalue weighted by molar-refractivity contribution is 6.04. The minimum atomic E-state index is -0.358. The fraction of sp³-hybridized carbons (Fsp3) is 0.606. The third kappa shape index (κ3) is 12.2. The molecular formula is C33H51N2O4+. The van der Waals surface area contributed by atoms with Crippen molar-refractivity contribution in [1.29, 1.82) is 0 Å². The number of aromatic nitrogens is 1. The number of benzene rings is 1. The van der Waals surface area contributed by atoms with E-state index in [1.54, 1.807) is 25.3 Å². The van der Waals surface area contributed by atoms with Gasteiger partial charge in [0, 0.05) is 24.6 Å². The molecule has 0 saturated carbocycles. The van der Waals surface area contributed by atoms with E-state index in [9.17, 15) is 9.59 Å². The number of nitrogens with zero attached hydrogens (tertiary/aromatic N) is 2. The monoisotopic (exact) mass is 539 g/mol. The van der Waals surface area contributed by atoms with Gasteiger partial charge in [-0.1, -0.05) is 96.5 Å². The van der Waals surface area contributed by atoms with E-state index < -0.39 is 0 Å². The van der Waals surface area contributed by atoms with Gasteiger partial charge in [0.25, 0.3) is 5.91 Å². The minimum absolute atomic E-state index is 0.200. The van der Waals surface area contributed by atoms with Crippen LogP contribution in [-0.4, -0.2) is 30.4 Å². The number of aryl methyl sites for hydroxylation is 1. The molecule has 1 heterocycles. The van der Waals surface area contributed by atoms with Gasteiger partial charge in [0.15, 0.2) is 17.7 Å². The van der Waals surface area contributed by atoms with Crippen LogP contribution in [0.3, 0.4) is 0 Å². The molecule has 6 heteroatoms. The molecule has 1 aromatic carbocycles. The average molecular weight is 540 g/mol. The van der Waals surface area contributed by atoms with E-state index in [1.807, 2.05) is 36.0 Å². The van der Waals surface area contributed by atoms with E-state index in [4.69, 9.17) is 9.47 Å². The summed E-state index contributed by atoms with van der Waals surface area (Å²) in [5.74, 6) is 0.455. The van der Waals surface area contributed by atoms with E-state index >= 15 is 0 Å². The molecule has 6 nitrogen and oxygen atoms in total. The lowest BCUT2D eigenvalue weighted by Crippen LogP contribution is -2.41. The van der Waals surface area contributed by atoms with Crippen molar-refractivity contribution in [2.45, 2.75) is 110 Å². The predicted molar refractivity (Wildman–Crippen MR) is 157 cm³/mol. The standard InChI is InChI=1S/C33H51N2O4/c1-5-6-7-8-9-10-11-12-13-14-15-16-17-20-25-39-31-23-22-29(26-32(31)38-4)33(37)35(28(2)36)27-30-21-18-19-24-34(30)3/h18-19,21-24,26H,5-17,20,25,27H2,1-4H3/q+1. The maximum atomic E-state index is 13.2. The maximum Gasteiger partial charge on any atom is 0.261 e. The number of methoxy groups -OCH3 is 1. The van der Waals surface area contributed by atoms with Gasteiger partial charge in [0.2, 0.25) is 11.6 Å². The van der Waals surface area contributed by atoms with Gasteiger partial charge in [0.05, 0.1) is 13.7 Å². The van der Waals surface area contributed by atoms with Crippen LogP contribution in [0.1, 0.15) is 120 Å².